The van der Waals surface area contributed by atoms with Gasteiger partial charge < -0.3 is 90.0 Å². The number of aromatic nitrogens is 15. The summed E-state index contributed by atoms with van der Waals surface area (Å²) in [5.41, 5.74) is 5.61. The van der Waals surface area contributed by atoms with Crippen molar-refractivity contribution < 1.29 is 65.5 Å². The van der Waals surface area contributed by atoms with Gasteiger partial charge >= 0.3 is 0 Å². The summed E-state index contributed by atoms with van der Waals surface area (Å²) in [6.45, 7) is 32.3. The Balaban J connectivity index is 0.000000128. The third-order valence-electron chi connectivity index (χ3n) is 26.1. The average Bonchev–Trinajstić information content (AvgIpc) is 1.69. The number of benzene rings is 5. The van der Waals surface area contributed by atoms with Crippen molar-refractivity contribution in [1.29, 1.82) is 0 Å². The zero-order valence-electron chi connectivity index (χ0n) is 82.3. The highest BCUT2D eigenvalue weighted by atomic mass is 35.5. The lowest BCUT2D eigenvalue weighted by atomic mass is 9.92. The van der Waals surface area contributed by atoms with Crippen LogP contribution in [0.3, 0.4) is 0 Å². The molecule has 752 valence electrons. The van der Waals surface area contributed by atoms with Gasteiger partial charge in [-0.3, -0.25) is 0 Å². The van der Waals surface area contributed by atoms with Gasteiger partial charge in [0.05, 0.1) is 115 Å². The summed E-state index contributed by atoms with van der Waals surface area (Å²) in [5, 5.41) is 62.8. The first-order chi connectivity index (χ1) is 69.6. The molecule has 5 saturated heterocycles. The fourth-order valence-corrected chi connectivity index (χ4v) is 19.0. The Morgan fingerprint density at radius 3 is 0.845 bits per heavy atom. The molecule has 0 radical (unpaired) electrons. The molecule has 0 N–H and O–H groups in total. The lowest BCUT2D eigenvalue weighted by Gasteiger charge is -2.32. The molecular formula is C105H128Cl2N20O14S. The van der Waals surface area contributed by atoms with Crippen molar-refractivity contribution in [2.75, 3.05) is 156 Å². The molecule has 15 heterocycles. The Kier molecular flexibility index (Phi) is 37.3. The molecule has 5 aromatic carbocycles. The van der Waals surface area contributed by atoms with Crippen molar-refractivity contribution in [2.24, 2.45) is 29.6 Å². The van der Waals surface area contributed by atoms with Crippen molar-refractivity contribution >= 4 is 118 Å². The van der Waals surface area contributed by atoms with Crippen LogP contribution < -0.4 is 71.9 Å². The molecule has 0 spiro atoms. The Labute approximate surface area is 841 Å². The number of anilines is 5. The van der Waals surface area contributed by atoms with Crippen LogP contribution in [0.1, 0.15) is 161 Å². The standard InChI is InChI=1S/C22H28N4O3.C21H25ClN4O3.C21H26N4O3.C21H26N4O2S.C20H23ClN4O3/c1-3-13-28-22-19-6-5-18(15-20(19)29-25-22)27-14-10-17-8-11-26(12-9-17)21-7-4-16(2)23-24-21;1-2-27-21-17-6-5-16(14-18(17)29-25-21)28-13-3-4-15-9-11-26(12-10-15)20-8-7-19(22)23-24-20;2*1-3-26-21-18-6-5-17(14-19(18)28-24-21)27-13-10-16-8-11-25(12-9-16)20-7-4-15(2)22-23-20;1-2-26-20-16-4-3-15(13-17(16)28-24-20)27-12-9-14-7-10-25(11-8-14)19-6-5-18(21)22-23-19/h4-7,15,17H,3,8-14H2,1-2H3;5-8,14-15H,2-4,9-13H2,1H3;2*4-7,14,16H,3,8-13H2,1-2H3;3-6,13-14H,2,7-12H2,1H3. The summed E-state index contributed by atoms with van der Waals surface area (Å²) >= 11 is 13.1. The van der Waals surface area contributed by atoms with Crippen LogP contribution in [-0.2, 0) is 0 Å². The molecule has 142 heavy (non-hydrogen) atoms. The summed E-state index contributed by atoms with van der Waals surface area (Å²) in [5.74, 6) is 15.2. The highest BCUT2D eigenvalue weighted by Crippen LogP contribution is 2.38. The van der Waals surface area contributed by atoms with E-state index in [2.05, 4.69) is 132 Å². The number of halogens is 2. The molecule has 0 saturated carbocycles. The van der Waals surface area contributed by atoms with Crippen molar-refractivity contribution in [3.8, 4) is 58.1 Å². The van der Waals surface area contributed by atoms with Gasteiger partial charge in [0.15, 0.2) is 61.7 Å². The van der Waals surface area contributed by atoms with Gasteiger partial charge in [0.2, 0.25) is 5.88 Å². The number of hydrogen-bond acceptors (Lipinski definition) is 35. The maximum absolute atomic E-state index is 6.01. The first-order valence-corrected chi connectivity index (χ1v) is 51.6. The highest BCUT2D eigenvalue weighted by Gasteiger charge is 2.28. The fourth-order valence-electron chi connectivity index (χ4n) is 18.0. The van der Waals surface area contributed by atoms with Crippen molar-refractivity contribution in [2.45, 2.75) is 165 Å². The molecule has 37 heteroatoms. The largest absolute Gasteiger partial charge is 0.494 e. The van der Waals surface area contributed by atoms with Gasteiger partial charge in [0.1, 0.15) is 28.7 Å². The molecule has 0 bridgehead atoms. The molecule has 34 nitrogen and oxygen atoms in total. The fraction of sp³-hybridized carbons (Fsp3) is 0.476. The number of piperidine rings is 5. The van der Waals surface area contributed by atoms with Gasteiger partial charge in [-0.2, -0.15) is 19.7 Å². The van der Waals surface area contributed by atoms with Crippen LogP contribution in [0.15, 0.2) is 170 Å². The van der Waals surface area contributed by atoms with E-state index >= 15 is 0 Å². The van der Waals surface area contributed by atoms with Crippen LogP contribution in [0.4, 0.5) is 29.1 Å². The molecule has 5 aliphatic heterocycles. The number of rotatable bonds is 37. The molecule has 0 aliphatic carbocycles. The summed E-state index contributed by atoms with van der Waals surface area (Å²) in [4.78, 5) is 11.5. The molecule has 20 rings (SSSR count). The van der Waals surface area contributed by atoms with Gasteiger partial charge in [-0.25, -0.2) is 0 Å². The van der Waals surface area contributed by atoms with Crippen molar-refractivity contribution in [3.63, 3.8) is 0 Å². The normalized spacial score (nSPS) is 15.1. The smallest absolute Gasteiger partial charge is 0.262 e. The lowest BCUT2D eigenvalue weighted by Crippen LogP contribution is -2.34. The first-order valence-electron chi connectivity index (χ1n) is 50.0. The second kappa shape index (κ2) is 52.0. The quantitative estimate of drug-likeness (QED) is 0.0326. The van der Waals surface area contributed by atoms with Crippen molar-refractivity contribution in [1.82, 2.24) is 76.0 Å². The van der Waals surface area contributed by atoms with Gasteiger partial charge in [0, 0.05) is 89.7 Å². The third-order valence-corrected chi connectivity index (χ3v) is 27.3. The van der Waals surface area contributed by atoms with E-state index in [-0.39, 0.29) is 0 Å². The first kappa shape index (κ1) is 102. The van der Waals surface area contributed by atoms with Crippen LogP contribution in [-0.4, -0.2) is 208 Å². The second-order valence-electron chi connectivity index (χ2n) is 36.0. The predicted molar refractivity (Wildman–Crippen MR) is 550 cm³/mol. The number of nitrogens with zero attached hydrogens (tertiary/aromatic N) is 20. The number of fused-ring (bicyclic) bond motifs is 5. The number of ether oxygens (including phenoxy) is 10. The van der Waals surface area contributed by atoms with Crippen molar-refractivity contribution in [3.05, 3.63) is 179 Å². The van der Waals surface area contributed by atoms with E-state index in [1.807, 2.05) is 164 Å². The van der Waals surface area contributed by atoms with E-state index in [1.54, 1.807) is 12.1 Å². The van der Waals surface area contributed by atoms with E-state index in [0.717, 1.165) is 280 Å². The zero-order chi connectivity index (χ0) is 98.1. The number of hydrogen-bond donors (Lipinski definition) is 0. The maximum atomic E-state index is 6.01. The van der Waals surface area contributed by atoms with Gasteiger partial charge in [-0.1, -0.05) is 30.1 Å². The summed E-state index contributed by atoms with van der Waals surface area (Å²) in [7, 11) is 0. The predicted octanol–water partition coefficient (Wildman–Crippen LogP) is 22.0. The van der Waals surface area contributed by atoms with Crippen LogP contribution in [0.5, 0.6) is 58.1 Å². The molecule has 15 aromatic rings. The topological polar surface area (TPSA) is 354 Å². The molecule has 0 amide bonds. The zero-order valence-corrected chi connectivity index (χ0v) is 84.6. The summed E-state index contributed by atoms with van der Waals surface area (Å²) in [6, 6.07) is 48.8. The van der Waals surface area contributed by atoms with Crippen LogP contribution in [0, 0.1) is 50.4 Å². The van der Waals surface area contributed by atoms with E-state index in [9.17, 15) is 0 Å². The number of aryl methyl sites for hydroxylation is 3. The minimum atomic E-state index is 0.424. The molecule has 5 fully saturated rings. The highest BCUT2D eigenvalue weighted by molar-refractivity contribution is 7.13. The maximum Gasteiger partial charge on any atom is 0.262 e. The van der Waals surface area contributed by atoms with E-state index < -0.39 is 0 Å². The second-order valence-corrected chi connectivity index (χ2v) is 37.6. The van der Waals surface area contributed by atoms with E-state index in [0.29, 0.717) is 139 Å². The SMILES string of the molecule is CCCOc1noc2cc(OCCC3CCN(c4ccc(C)nn4)CC3)ccc12.CCOc1noc2cc(OCCC3CCN(c4ccc(C)nn4)CC3)ccc12.CCOc1noc2cc(OCCC3CCN(c4ccc(Cl)nn4)CC3)ccc12.CCOc1noc2cc(OCCCC3CCN(c4ccc(Cl)nn4)CC3)ccc12.CCOc1nsc2cc(OCCC3CCN(c4ccc(C)nn4)CC3)ccc12. The molecule has 0 atom stereocenters. The Hall–Kier alpha value is -13.2. The van der Waals surface area contributed by atoms with Crippen LogP contribution in [0.25, 0.3) is 54.0 Å². The average molecular weight is 2000 g/mol. The van der Waals surface area contributed by atoms with Crippen LogP contribution >= 0.6 is 34.7 Å². The summed E-state index contributed by atoms with van der Waals surface area (Å²) < 4.78 is 84.1. The van der Waals surface area contributed by atoms with E-state index in [4.69, 9.17) is 88.7 Å². The summed E-state index contributed by atoms with van der Waals surface area (Å²) in [6.07, 6.45) is 18.8. The van der Waals surface area contributed by atoms with Crippen LogP contribution in [0.2, 0.25) is 10.3 Å². The monoisotopic (exact) mass is 1990 g/mol. The lowest BCUT2D eigenvalue weighted by molar-refractivity contribution is 0.258. The van der Waals surface area contributed by atoms with Gasteiger partial charge in [-0.15, -0.1) is 35.7 Å². The molecule has 10 aromatic heterocycles. The molecule has 5 aliphatic rings. The van der Waals surface area contributed by atoms with Gasteiger partial charge in [-0.05, 0) is 347 Å². The van der Waals surface area contributed by atoms with E-state index in [1.165, 1.54) is 30.8 Å². The third kappa shape index (κ3) is 28.9. The Bertz CT molecular complexity index is 5970. The molecule has 0 unspecified atom stereocenters. The minimum Gasteiger partial charge on any atom is -0.494 e. The Morgan fingerprint density at radius 2 is 0.556 bits per heavy atom. The Morgan fingerprint density at radius 1 is 0.282 bits per heavy atom. The van der Waals surface area contributed by atoms with Gasteiger partial charge in [0.25, 0.3) is 23.5 Å². The molecular weight excluding hydrogens is 1870 g/mol. The minimum absolute atomic E-state index is 0.424.